The molecule has 1 N–H and O–H groups in total. The molecule has 2 fully saturated rings. The average Bonchev–Trinajstić information content (AvgIpc) is 2.78. The molecule has 3 atom stereocenters. The molecule has 0 heterocycles. The highest BCUT2D eigenvalue weighted by atomic mass is 14.9. The zero-order valence-corrected chi connectivity index (χ0v) is 12.0. The van der Waals surface area contributed by atoms with Crippen LogP contribution in [0.2, 0.25) is 0 Å². The predicted molar refractivity (Wildman–Crippen MR) is 75.1 cm³/mol. The second-order valence-electron chi connectivity index (χ2n) is 6.99. The molecule has 0 bridgehead atoms. The standard InChI is InChI=1S/C16H31N/c1-12(2)15-9-8-13(3)10-16(15)17-11-14-6-4-5-7-14/h12-17H,4-11H2,1-3H3. The molecular weight excluding hydrogens is 206 g/mol. The Morgan fingerprint density at radius 1 is 1.06 bits per heavy atom. The van der Waals surface area contributed by atoms with Gasteiger partial charge in [-0.15, -0.1) is 0 Å². The molecule has 1 heteroatoms. The molecule has 0 aromatic heterocycles. The van der Waals surface area contributed by atoms with Crippen LogP contribution in [0.4, 0.5) is 0 Å². The summed E-state index contributed by atoms with van der Waals surface area (Å²) in [6.07, 6.45) is 10.2. The Morgan fingerprint density at radius 2 is 1.76 bits per heavy atom. The van der Waals surface area contributed by atoms with Crippen molar-refractivity contribution in [3.63, 3.8) is 0 Å². The lowest BCUT2D eigenvalue weighted by atomic mass is 9.74. The van der Waals surface area contributed by atoms with Crippen molar-refractivity contribution in [3.8, 4) is 0 Å². The summed E-state index contributed by atoms with van der Waals surface area (Å²) < 4.78 is 0. The van der Waals surface area contributed by atoms with Crippen LogP contribution in [-0.2, 0) is 0 Å². The Morgan fingerprint density at radius 3 is 2.41 bits per heavy atom. The molecule has 3 unspecified atom stereocenters. The van der Waals surface area contributed by atoms with Gasteiger partial charge in [-0.3, -0.25) is 0 Å². The van der Waals surface area contributed by atoms with Gasteiger partial charge in [0, 0.05) is 6.04 Å². The Balaban J connectivity index is 1.81. The van der Waals surface area contributed by atoms with Gasteiger partial charge in [0.25, 0.3) is 0 Å². The van der Waals surface area contributed by atoms with E-state index in [4.69, 9.17) is 0 Å². The van der Waals surface area contributed by atoms with Crippen molar-refractivity contribution in [2.75, 3.05) is 6.54 Å². The predicted octanol–water partition coefficient (Wildman–Crippen LogP) is 4.23. The zero-order chi connectivity index (χ0) is 12.3. The largest absolute Gasteiger partial charge is 0.313 e. The first-order valence-corrected chi connectivity index (χ1v) is 7.90. The van der Waals surface area contributed by atoms with Crippen molar-refractivity contribution < 1.29 is 0 Å². The quantitative estimate of drug-likeness (QED) is 0.771. The Hall–Kier alpha value is -0.0400. The van der Waals surface area contributed by atoms with E-state index in [-0.39, 0.29) is 0 Å². The van der Waals surface area contributed by atoms with E-state index < -0.39 is 0 Å². The normalized spacial score (nSPS) is 35.6. The van der Waals surface area contributed by atoms with Crippen LogP contribution in [0, 0.1) is 23.7 Å². The van der Waals surface area contributed by atoms with E-state index in [2.05, 4.69) is 26.1 Å². The van der Waals surface area contributed by atoms with Gasteiger partial charge in [0.15, 0.2) is 0 Å². The highest BCUT2D eigenvalue weighted by Gasteiger charge is 2.30. The van der Waals surface area contributed by atoms with Crippen molar-refractivity contribution in [1.29, 1.82) is 0 Å². The first-order chi connectivity index (χ1) is 8.16. The molecule has 2 aliphatic rings. The summed E-state index contributed by atoms with van der Waals surface area (Å²) >= 11 is 0. The number of nitrogens with one attached hydrogen (secondary N) is 1. The molecule has 0 amide bonds. The molecule has 0 aromatic carbocycles. The maximum atomic E-state index is 3.93. The van der Waals surface area contributed by atoms with Gasteiger partial charge in [-0.1, -0.05) is 40.0 Å². The van der Waals surface area contributed by atoms with Crippen molar-refractivity contribution in [2.45, 2.75) is 71.8 Å². The average molecular weight is 237 g/mol. The molecule has 17 heavy (non-hydrogen) atoms. The number of hydrogen-bond acceptors (Lipinski definition) is 1. The van der Waals surface area contributed by atoms with Crippen LogP contribution in [0.5, 0.6) is 0 Å². The summed E-state index contributed by atoms with van der Waals surface area (Å²) in [6, 6.07) is 0.805. The SMILES string of the molecule is CC1CCC(C(C)C)C(NCC2CCCC2)C1. The zero-order valence-electron chi connectivity index (χ0n) is 12.0. The second kappa shape index (κ2) is 6.22. The highest BCUT2D eigenvalue weighted by Crippen LogP contribution is 2.34. The third-order valence-corrected chi connectivity index (χ3v) is 5.17. The van der Waals surface area contributed by atoms with Crippen LogP contribution < -0.4 is 5.32 Å². The first-order valence-electron chi connectivity index (χ1n) is 7.90. The Bertz CT molecular complexity index is 218. The minimum atomic E-state index is 0.805. The highest BCUT2D eigenvalue weighted by molar-refractivity contribution is 4.86. The lowest BCUT2D eigenvalue weighted by Gasteiger charge is -2.38. The fraction of sp³-hybridized carbons (Fsp3) is 1.00. The summed E-state index contributed by atoms with van der Waals surface area (Å²) in [5.74, 6) is 3.70. The fourth-order valence-electron chi connectivity index (χ4n) is 3.97. The van der Waals surface area contributed by atoms with Gasteiger partial charge in [-0.05, 0) is 55.9 Å². The molecule has 0 spiro atoms. The smallest absolute Gasteiger partial charge is 0.0100 e. The third kappa shape index (κ3) is 3.71. The van der Waals surface area contributed by atoms with E-state index in [1.54, 1.807) is 0 Å². The summed E-state index contributed by atoms with van der Waals surface area (Å²) in [4.78, 5) is 0. The van der Waals surface area contributed by atoms with E-state index in [0.717, 1.165) is 29.7 Å². The van der Waals surface area contributed by atoms with Gasteiger partial charge in [0.2, 0.25) is 0 Å². The van der Waals surface area contributed by atoms with Gasteiger partial charge in [-0.25, -0.2) is 0 Å². The lowest BCUT2D eigenvalue weighted by Crippen LogP contribution is -2.44. The Labute approximate surface area is 108 Å². The summed E-state index contributed by atoms with van der Waals surface area (Å²) in [7, 11) is 0. The minimum absolute atomic E-state index is 0.805. The monoisotopic (exact) mass is 237 g/mol. The van der Waals surface area contributed by atoms with E-state index in [9.17, 15) is 0 Å². The topological polar surface area (TPSA) is 12.0 Å². The molecule has 0 radical (unpaired) electrons. The van der Waals surface area contributed by atoms with Crippen LogP contribution >= 0.6 is 0 Å². The van der Waals surface area contributed by atoms with Crippen LogP contribution in [0.15, 0.2) is 0 Å². The van der Waals surface area contributed by atoms with Crippen molar-refractivity contribution in [1.82, 2.24) is 5.32 Å². The lowest BCUT2D eigenvalue weighted by molar-refractivity contribution is 0.165. The first kappa shape index (κ1) is 13.4. The van der Waals surface area contributed by atoms with E-state index in [0.29, 0.717) is 0 Å². The van der Waals surface area contributed by atoms with Gasteiger partial charge >= 0.3 is 0 Å². The third-order valence-electron chi connectivity index (χ3n) is 5.17. The molecule has 1 nitrogen and oxygen atoms in total. The van der Waals surface area contributed by atoms with Crippen molar-refractivity contribution in [3.05, 3.63) is 0 Å². The molecule has 0 aromatic rings. The molecule has 2 rings (SSSR count). The molecule has 2 aliphatic carbocycles. The van der Waals surface area contributed by atoms with Gasteiger partial charge < -0.3 is 5.32 Å². The van der Waals surface area contributed by atoms with Crippen LogP contribution in [0.25, 0.3) is 0 Å². The fourth-order valence-corrected chi connectivity index (χ4v) is 3.97. The van der Waals surface area contributed by atoms with Crippen LogP contribution in [0.3, 0.4) is 0 Å². The molecular formula is C16H31N. The Kier molecular flexibility index (Phi) is 4.90. The molecule has 0 aliphatic heterocycles. The van der Waals surface area contributed by atoms with Crippen LogP contribution in [0.1, 0.15) is 65.7 Å². The van der Waals surface area contributed by atoms with E-state index >= 15 is 0 Å². The molecule has 2 saturated carbocycles. The maximum absolute atomic E-state index is 3.93. The number of hydrogen-bond donors (Lipinski definition) is 1. The second-order valence-corrected chi connectivity index (χ2v) is 6.99. The van der Waals surface area contributed by atoms with Gasteiger partial charge in [0.05, 0.1) is 0 Å². The summed E-state index contributed by atoms with van der Waals surface area (Å²) in [5, 5.41) is 3.93. The number of rotatable bonds is 4. The minimum Gasteiger partial charge on any atom is -0.313 e. The summed E-state index contributed by atoms with van der Waals surface area (Å²) in [6.45, 7) is 8.54. The summed E-state index contributed by atoms with van der Waals surface area (Å²) in [5.41, 5.74) is 0. The van der Waals surface area contributed by atoms with Crippen LogP contribution in [-0.4, -0.2) is 12.6 Å². The van der Waals surface area contributed by atoms with Gasteiger partial charge in [-0.2, -0.15) is 0 Å². The molecule has 0 saturated heterocycles. The maximum Gasteiger partial charge on any atom is 0.0100 e. The van der Waals surface area contributed by atoms with Crippen molar-refractivity contribution in [2.24, 2.45) is 23.7 Å². The van der Waals surface area contributed by atoms with Crippen molar-refractivity contribution >= 4 is 0 Å². The van der Waals surface area contributed by atoms with E-state index in [1.807, 2.05) is 0 Å². The van der Waals surface area contributed by atoms with E-state index in [1.165, 1.54) is 51.5 Å². The van der Waals surface area contributed by atoms with Gasteiger partial charge in [0.1, 0.15) is 0 Å². The molecule has 100 valence electrons.